The smallest absolute Gasteiger partial charge is 0.410 e. The lowest BCUT2D eigenvalue weighted by Gasteiger charge is -2.42. The lowest BCUT2D eigenvalue weighted by atomic mass is 10.0. The molecule has 0 spiro atoms. The van der Waals surface area contributed by atoms with Crippen molar-refractivity contribution in [1.82, 2.24) is 15.1 Å². The summed E-state index contributed by atoms with van der Waals surface area (Å²) in [6.07, 6.45) is 0.689. The van der Waals surface area contributed by atoms with Gasteiger partial charge in [-0.05, 0) is 48.1 Å². The van der Waals surface area contributed by atoms with E-state index in [4.69, 9.17) is 4.74 Å². The molecule has 1 N–H and O–H groups in total. The van der Waals surface area contributed by atoms with Crippen LogP contribution in [0.15, 0.2) is 0 Å². The zero-order chi connectivity index (χ0) is 16.2. The molecule has 122 valence electrons. The molecule has 0 aromatic carbocycles. The summed E-state index contributed by atoms with van der Waals surface area (Å²) in [4.78, 5) is 27.4. The van der Waals surface area contributed by atoms with E-state index >= 15 is 0 Å². The first-order chi connectivity index (χ1) is 9.58. The highest BCUT2D eigenvalue weighted by molar-refractivity contribution is 5.78. The Bertz CT molecular complexity index is 377. The van der Waals surface area contributed by atoms with Crippen LogP contribution in [0.4, 0.5) is 4.79 Å². The van der Waals surface area contributed by atoms with Gasteiger partial charge in [-0.25, -0.2) is 4.79 Å². The van der Waals surface area contributed by atoms with Crippen molar-refractivity contribution >= 4 is 12.0 Å². The third-order valence-corrected chi connectivity index (χ3v) is 3.16. The van der Waals surface area contributed by atoms with Gasteiger partial charge in [0.25, 0.3) is 0 Å². The summed E-state index contributed by atoms with van der Waals surface area (Å²) < 4.78 is 5.38. The van der Waals surface area contributed by atoms with Crippen LogP contribution in [0.2, 0.25) is 0 Å². The van der Waals surface area contributed by atoms with E-state index in [9.17, 15) is 9.59 Å². The van der Waals surface area contributed by atoms with Gasteiger partial charge in [0.2, 0.25) is 5.91 Å². The lowest BCUT2D eigenvalue weighted by Crippen LogP contribution is -2.57. The molecule has 0 bridgehead atoms. The molecule has 21 heavy (non-hydrogen) atoms. The van der Waals surface area contributed by atoms with Crippen LogP contribution in [-0.2, 0) is 9.53 Å². The molecule has 1 unspecified atom stereocenters. The van der Waals surface area contributed by atoms with Crippen LogP contribution in [0.3, 0.4) is 0 Å². The SMILES string of the molecule is CC(C)NC(=O)CN(C)CC1CCN1C(=O)OC(C)(C)C. The third kappa shape index (κ3) is 6.33. The van der Waals surface area contributed by atoms with Gasteiger partial charge >= 0.3 is 6.09 Å². The van der Waals surface area contributed by atoms with Crippen molar-refractivity contribution in [2.45, 2.75) is 58.7 Å². The van der Waals surface area contributed by atoms with Crippen LogP contribution < -0.4 is 5.32 Å². The van der Waals surface area contributed by atoms with Crippen molar-refractivity contribution in [2.75, 3.05) is 26.7 Å². The van der Waals surface area contributed by atoms with E-state index < -0.39 is 5.60 Å². The Kier molecular flexibility index (Phi) is 6.01. The quantitative estimate of drug-likeness (QED) is 0.835. The van der Waals surface area contributed by atoms with Crippen molar-refractivity contribution in [3.63, 3.8) is 0 Å². The summed E-state index contributed by atoms with van der Waals surface area (Å²) in [7, 11) is 1.89. The predicted molar refractivity (Wildman–Crippen MR) is 82.1 cm³/mol. The van der Waals surface area contributed by atoms with E-state index in [1.54, 1.807) is 4.90 Å². The molecule has 0 radical (unpaired) electrons. The molecule has 1 aliphatic heterocycles. The number of rotatable bonds is 5. The highest BCUT2D eigenvalue weighted by Gasteiger charge is 2.35. The van der Waals surface area contributed by atoms with Crippen LogP contribution in [0.5, 0.6) is 0 Å². The lowest BCUT2D eigenvalue weighted by molar-refractivity contribution is -0.122. The second-order valence-corrected chi connectivity index (χ2v) is 7.04. The Hall–Kier alpha value is -1.30. The number of hydrogen-bond acceptors (Lipinski definition) is 4. The Morgan fingerprint density at radius 2 is 2.00 bits per heavy atom. The summed E-state index contributed by atoms with van der Waals surface area (Å²) in [5, 5.41) is 2.86. The summed E-state index contributed by atoms with van der Waals surface area (Å²) in [6, 6.07) is 0.282. The van der Waals surface area contributed by atoms with Crippen LogP contribution in [0.25, 0.3) is 0 Å². The summed E-state index contributed by atoms with van der Waals surface area (Å²) in [5.41, 5.74) is -0.472. The third-order valence-electron chi connectivity index (χ3n) is 3.16. The average molecular weight is 299 g/mol. The predicted octanol–water partition coefficient (Wildman–Crippen LogP) is 1.45. The maximum absolute atomic E-state index is 12.0. The molecule has 1 heterocycles. The van der Waals surface area contributed by atoms with Crippen LogP contribution in [0.1, 0.15) is 41.0 Å². The number of likely N-dealkylation sites (N-methyl/N-ethyl adjacent to an activating group) is 1. The molecule has 6 heteroatoms. The van der Waals surface area contributed by atoms with E-state index in [-0.39, 0.29) is 24.1 Å². The van der Waals surface area contributed by atoms with Gasteiger partial charge in [0.15, 0.2) is 0 Å². The number of nitrogens with zero attached hydrogens (tertiary/aromatic N) is 2. The van der Waals surface area contributed by atoms with Crippen molar-refractivity contribution in [3.05, 3.63) is 0 Å². The number of ether oxygens (including phenoxy) is 1. The minimum atomic E-state index is -0.472. The molecular formula is C15H29N3O3. The fourth-order valence-electron chi connectivity index (χ4n) is 2.23. The summed E-state index contributed by atoms with van der Waals surface area (Å²) >= 11 is 0. The average Bonchev–Trinajstić information content (AvgIpc) is 2.19. The van der Waals surface area contributed by atoms with Gasteiger partial charge in [-0.2, -0.15) is 0 Å². The van der Waals surface area contributed by atoms with Crippen molar-refractivity contribution < 1.29 is 14.3 Å². The Balaban J connectivity index is 2.38. The molecule has 0 aromatic heterocycles. The molecule has 2 amide bonds. The number of likely N-dealkylation sites (tertiary alicyclic amines) is 1. The van der Waals surface area contributed by atoms with E-state index in [1.807, 2.05) is 46.6 Å². The number of nitrogens with one attached hydrogen (secondary N) is 1. The topological polar surface area (TPSA) is 61.9 Å². The molecule has 0 saturated carbocycles. The molecule has 1 atom stereocenters. The van der Waals surface area contributed by atoms with E-state index in [0.29, 0.717) is 13.1 Å². The summed E-state index contributed by atoms with van der Waals surface area (Å²) in [6.45, 7) is 11.2. The fraction of sp³-hybridized carbons (Fsp3) is 0.867. The second kappa shape index (κ2) is 7.11. The first-order valence-electron chi connectivity index (χ1n) is 7.56. The Labute approximate surface area is 127 Å². The standard InChI is InChI=1S/C15H29N3O3/c1-11(2)16-13(19)10-17(6)9-12-7-8-18(12)14(20)21-15(3,4)5/h11-12H,7-10H2,1-6H3,(H,16,19). The van der Waals surface area contributed by atoms with Crippen molar-refractivity contribution in [1.29, 1.82) is 0 Å². The van der Waals surface area contributed by atoms with Crippen LogP contribution in [0, 0.1) is 0 Å². The zero-order valence-electron chi connectivity index (χ0n) is 14.1. The zero-order valence-corrected chi connectivity index (χ0v) is 14.1. The molecule has 0 aliphatic carbocycles. The molecule has 6 nitrogen and oxygen atoms in total. The van der Waals surface area contributed by atoms with Gasteiger partial charge < -0.3 is 15.0 Å². The minimum absolute atomic E-state index is 0.00985. The largest absolute Gasteiger partial charge is 0.444 e. The first kappa shape index (κ1) is 17.8. The van der Waals surface area contributed by atoms with Gasteiger partial charge in [0, 0.05) is 25.2 Å². The Morgan fingerprint density at radius 1 is 1.38 bits per heavy atom. The molecular weight excluding hydrogens is 270 g/mol. The number of hydrogen-bond donors (Lipinski definition) is 1. The molecule has 0 aromatic rings. The maximum atomic E-state index is 12.0. The highest BCUT2D eigenvalue weighted by Crippen LogP contribution is 2.21. The van der Waals surface area contributed by atoms with E-state index in [1.165, 1.54) is 0 Å². The van der Waals surface area contributed by atoms with Gasteiger partial charge in [0.1, 0.15) is 5.60 Å². The number of amides is 2. The molecule has 1 saturated heterocycles. The fourth-order valence-corrected chi connectivity index (χ4v) is 2.23. The maximum Gasteiger partial charge on any atom is 0.410 e. The van der Waals surface area contributed by atoms with Gasteiger partial charge in [-0.1, -0.05) is 0 Å². The van der Waals surface area contributed by atoms with E-state index in [2.05, 4.69) is 5.32 Å². The second-order valence-electron chi connectivity index (χ2n) is 7.04. The van der Waals surface area contributed by atoms with Gasteiger partial charge in [-0.15, -0.1) is 0 Å². The van der Waals surface area contributed by atoms with Gasteiger partial charge in [0.05, 0.1) is 6.54 Å². The van der Waals surface area contributed by atoms with Crippen LogP contribution in [-0.4, -0.2) is 66.2 Å². The molecule has 1 rings (SSSR count). The highest BCUT2D eigenvalue weighted by atomic mass is 16.6. The normalized spacial score (nSPS) is 18.7. The minimum Gasteiger partial charge on any atom is -0.444 e. The van der Waals surface area contributed by atoms with Crippen LogP contribution >= 0.6 is 0 Å². The molecule has 1 aliphatic rings. The van der Waals surface area contributed by atoms with Crippen molar-refractivity contribution in [2.24, 2.45) is 0 Å². The number of carbonyl (C=O) groups is 2. The summed E-state index contributed by atoms with van der Waals surface area (Å²) in [5.74, 6) is 0.00985. The van der Waals surface area contributed by atoms with E-state index in [0.717, 1.165) is 13.0 Å². The Morgan fingerprint density at radius 3 is 2.43 bits per heavy atom. The van der Waals surface area contributed by atoms with Gasteiger partial charge in [-0.3, -0.25) is 9.69 Å². The molecule has 1 fully saturated rings. The first-order valence-corrected chi connectivity index (χ1v) is 7.56. The van der Waals surface area contributed by atoms with Crippen molar-refractivity contribution in [3.8, 4) is 0 Å². The monoisotopic (exact) mass is 299 g/mol. The number of carbonyl (C=O) groups excluding carboxylic acids is 2.